The zero-order valence-corrected chi connectivity index (χ0v) is 13.0. The highest BCUT2D eigenvalue weighted by molar-refractivity contribution is 5.90. The summed E-state index contributed by atoms with van der Waals surface area (Å²) in [5.41, 5.74) is 1.11. The first-order chi connectivity index (χ1) is 10.2. The third kappa shape index (κ3) is 4.69. The van der Waals surface area contributed by atoms with Crippen LogP contribution in [0.2, 0.25) is 0 Å². The molecule has 2 rings (SSSR count). The van der Waals surface area contributed by atoms with Gasteiger partial charge in [-0.05, 0) is 26.7 Å². The van der Waals surface area contributed by atoms with Gasteiger partial charge in [-0.25, -0.2) is 14.8 Å². The van der Waals surface area contributed by atoms with Gasteiger partial charge in [-0.2, -0.15) is 0 Å². The van der Waals surface area contributed by atoms with E-state index in [1.54, 1.807) is 13.1 Å². The lowest BCUT2D eigenvalue weighted by Crippen LogP contribution is -2.22. The molecule has 1 aromatic heterocycles. The number of nitrogens with one attached hydrogen (secondary N) is 1. The Labute approximate surface area is 126 Å². The van der Waals surface area contributed by atoms with Crippen molar-refractivity contribution in [2.75, 3.05) is 11.9 Å². The molecule has 1 aliphatic carbocycles. The summed E-state index contributed by atoms with van der Waals surface area (Å²) in [7, 11) is 0. The highest BCUT2D eigenvalue weighted by Crippen LogP contribution is 2.20. The molecule has 21 heavy (non-hydrogen) atoms. The van der Waals surface area contributed by atoms with Gasteiger partial charge in [0.2, 0.25) is 5.95 Å². The van der Waals surface area contributed by atoms with Crippen LogP contribution >= 0.6 is 0 Å². The monoisotopic (exact) mass is 291 g/mol. The Bertz CT molecular complexity index is 469. The second kappa shape index (κ2) is 7.96. The van der Waals surface area contributed by atoms with Crippen LogP contribution in [0.5, 0.6) is 0 Å². The number of esters is 1. The van der Waals surface area contributed by atoms with E-state index in [-0.39, 0.29) is 5.97 Å². The van der Waals surface area contributed by atoms with Gasteiger partial charge in [-0.1, -0.05) is 32.1 Å². The topological polar surface area (TPSA) is 64.1 Å². The minimum Gasteiger partial charge on any atom is -0.462 e. The molecule has 0 atom stereocenters. The van der Waals surface area contributed by atoms with E-state index in [4.69, 9.17) is 4.74 Å². The molecular weight excluding hydrogens is 266 g/mol. The summed E-state index contributed by atoms with van der Waals surface area (Å²) in [5, 5.41) is 3.41. The van der Waals surface area contributed by atoms with Crippen molar-refractivity contribution in [3.8, 4) is 0 Å². The van der Waals surface area contributed by atoms with Crippen molar-refractivity contribution in [1.29, 1.82) is 0 Å². The van der Waals surface area contributed by atoms with E-state index in [0.29, 0.717) is 29.9 Å². The molecule has 116 valence electrons. The predicted octanol–water partition coefficient (Wildman–Crippen LogP) is 3.49. The molecule has 1 aliphatic rings. The summed E-state index contributed by atoms with van der Waals surface area (Å²) in [6.45, 7) is 3.97. The molecule has 5 nitrogen and oxygen atoms in total. The Morgan fingerprint density at radius 1 is 1.29 bits per heavy atom. The van der Waals surface area contributed by atoms with Crippen LogP contribution in [0.4, 0.5) is 5.95 Å². The number of carbonyl (C=O) groups is 1. The van der Waals surface area contributed by atoms with Crippen molar-refractivity contribution < 1.29 is 9.53 Å². The lowest BCUT2D eigenvalue weighted by atomic mass is 9.97. The van der Waals surface area contributed by atoms with E-state index in [9.17, 15) is 4.79 Å². The quantitative estimate of drug-likeness (QED) is 0.860. The average molecular weight is 291 g/mol. The number of hydrogen-bond acceptors (Lipinski definition) is 5. The third-order valence-electron chi connectivity index (χ3n) is 3.91. The van der Waals surface area contributed by atoms with Gasteiger partial charge < -0.3 is 10.1 Å². The molecule has 0 aliphatic heterocycles. The molecule has 1 fully saturated rings. The third-order valence-corrected chi connectivity index (χ3v) is 3.91. The first kappa shape index (κ1) is 15.7. The van der Waals surface area contributed by atoms with Crippen molar-refractivity contribution in [3.63, 3.8) is 0 Å². The summed E-state index contributed by atoms with van der Waals surface area (Å²) < 4.78 is 4.99. The normalized spacial score (nSPS) is 16.9. The van der Waals surface area contributed by atoms with Crippen LogP contribution in [-0.2, 0) is 4.74 Å². The Hall–Kier alpha value is -1.65. The lowest BCUT2D eigenvalue weighted by molar-refractivity contribution is 0.0524. The van der Waals surface area contributed by atoms with Crippen LogP contribution in [0, 0.1) is 6.92 Å². The number of carbonyl (C=O) groups excluding carboxylic acids is 1. The number of nitrogens with zero attached hydrogens (tertiary/aromatic N) is 2. The zero-order valence-electron chi connectivity index (χ0n) is 13.0. The maximum Gasteiger partial charge on any atom is 0.341 e. The second-order valence-corrected chi connectivity index (χ2v) is 5.60. The summed E-state index contributed by atoms with van der Waals surface area (Å²) in [6, 6.07) is 0.443. The smallest absolute Gasteiger partial charge is 0.341 e. The number of anilines is 1. The molecule has 0 aromatic carbocycles. The number of aromatic nitrogens is 2. The van der Waals surface area contributed by atoms with Gasteiger partial charge in [0, 0.05) is 12.2 Å². The molecule has 1 heterocycles. The lowest BCUT2D eigenvalue weighted by Gasteiger charge is -2.21. The maximum atomic E-state index is 11.7. The second-order valence-electron chi connectivity index (χ2n) is 5.60. The Morgan fingerprint density at radius 3 is 2.57 bits per heavy atom. The van der Waals surface area contributed by atoms with Gasteiger partial charge in [-0.15, -0.1) is 0 Å². The van der Waals surface area contributed by atoms with Crippen LogP contribution in [0.15, 0.2) is 6.20 Å². The van der Waals surface area contributed by atoms with E-state index < -0.39 is 0 Å². The minimum absolute atomic E-state index is 0.354. The van der Waals surface area contributed by atoms with Crippen molar-refractivity contribution in [2.45, 2.75) is 64.8 Å². The van der Waals surface area contributed by atoms with Gasteiger partial charge in [0.15, 0.2) is 0 Å². The van der Waals surface area contributed by atoms with Gasteiger partial charge >= 0.3 is 5.97 Å². The largest absolute Gasteiger partial charge is 0.462 e. The Kier molecular flexibility index (Phi) is 5.96. The van der Waals surface area contributed by atoms with Gasteiger partial charge in [0.25, 0.3) is 0 Å². The highest BCUT2D eigenvalue weighted by Gasteiger charge is 2.15. The van der Waals surface area contributed by atoms with Gasteiger partial charge in [0.05, 0.1) is 17.9 Å². The Morgan fingerprint density at radius 2 is 1.95 bits per heavy atom. The van der Waals surface area contributed by atoms with E-state index in [1.165, 1.54) is 44.9 Å². The van der Waals surface area contributed by atoms with Crippen molar-refractivity contribution in [1.82, 2.24) is 9.97 Å². The van der Waals surface area contributed by atoms with E-state index in [1.807, 2.05) is 6.92 Å². The van der Waals surface area contributed by atoms with E-state index in [0.717, 1.165) is 0 Å². The number of ether oxygens (including phenoxy) is 1. The van der Waals surface area contributed by atoms with Crippen LogP contribution in [0.25, 0.3) is 0 Å². The molecule has 1 aromatic rings. The predicted molar refractivity (Wildman–Crippen MR) is 82.5 cm³/mol. The average Bonchev–Trinajstić information content (AvgIpc) is 2.42. The molecule has 5 heteroatoms. The molecule has 1 N–H and O–H groups in total. The summed E-state index contributed by atoms with van der Waals surface area (Å²) >= 11 is 0. The summed E-state index contributed by atoms with van der Waals surface area (Å²) in [6.07, 6.45) is 10.4. The van der Waals surface area contributed by atoms with E-state index >= 15 is 0 Å². The van der Waals surface area contributed by atoms with Crippen LogP contribution < -0.4 is 5.32 Å². The van der Waals surface area contributed by atoms with Crippen molar-refractivity contribution in [2.24, 2.45) is 0 Å². The molecule has 1 saturated carbocycles. The molecule has 0 amide bonds. The molecular formula is C16H25N3O2. The number of hydrogen-bond donors (Lipinski definition) is 1. The number of aryl methyl sites for hydroxylation is 1. The standard InChI is InChI=1S/C16H25N3O2/c1-3-21-15(20)14-11-17-16(18-12(14)2)19-13-9-7-5-4-6-8-10-13/h11,13H,3-10H2,1-2H3,(H,17,18,19). The molecule has 0 unspecified atom stereocenters. The first-order valence-corrected chi connectivity index (χ1v) is 7.98. The minimum atomic E-state index is -0.354. The van der Waals surface area contributed by atoms with Crippen molar-refractivity contribution in [3.05, 3.63) is 17.5 Å². The van der Waals surface area contributed by atoms with Gasteiger partial charge in [-0.3, -0.25) is 0 Å². The van der Waals surface area contributed by atoms with Crippen LogP contribution in [0.3, 0.4) is 0 Å². The summed E-state index contributed by atoms with van der Waals surface area (Å²) in [5.74, 6) is 0.263. The highest BCUT2D eigenvalue weighted by atomic mass is 16.5. The van der Waals surface area contributed by atoms with Crippen molar-refractivity contribution >= 4 is 11.9 Å². The van der Waals surface area contributed by atoms with Crippen LogP contribution in [0.1, 0.15) is 67.9 Å². The molecule has 0 bridgehead atoms. The summed E-state index contributed by atoms with van der Waals surface area (Å²) in [4.78, 5) is 20.4. The molecule has 0 spiro atoms. The maximum absolute atomic E-state index is 11.7. The Balaban J connectivity index is 2.00. The molecule has 0 radical (unpaired) electrons. The molecule has 0 saturated heterocycles. The first-order valence-electron chi connectivity index (χ1n) is 7.98. The fraction of sp³-hybridized carbons (Fsp3) is 0.688. The zero-order chi connectivity index (χ0) is 15.1. The van der Waals surface area contributed by atoms with Crippen LogP contribution in [-0.4, -0.2) is 28.6 Å². The SMILES string of the molecule is CCOC(=O)c1cnc(NC2CCCCCCC2)nc1C. The van der Waals surface area contributed by atoms with Gasteiger partial charge in [0.1, 0.15) is 0 Å². The fourth-order valence-corrected chi connectivity index (χ4v) is 2.73. The van der Waals surface area contributed by atoms with E-state index in [2.05, 4.69) is 15.3 Å². The fourth-order valence-electron chi connectivity index (χ4n) is 2.73. The number of rotatable bonds is 4.